The molecule has 1 aromatic heterocycles. The molecule has 0 fully saturated rings. The molecule has 0 spiro atoms. The molecule has 0 unspecified atom stereocenters. The highest BCUT2D eigenvalue weighted by Gasteiger charge is 2.34. The molecule has 9 heteroatoms. The van der Waals surface area contributed by atoms with Crippen molar-refractivity contribution in [3.8, 4) is 11.5 Å². The lowest BCUT2D eigenvalue weighted by Gasteiger charge is -2.14. The Balaban J connectivity index is 3.37. The van der Waals surface area contributed by atoms with Gasteiger partial charge in [0, 0.05) is 12.6 Å². The zero-order valence-corrected chi connectivity index (χ0v) is 9.11. The van der Waals surface area contributed by atoms with Gasteiger partial charge >= 0.3 is 12.3 Å². The lowest BCUT2D eigenvalue weighted by atomic mass is 10.2. The number of hydrogen-bond acceptors (Lipinski definition) is 5. The molecule has 1 aromatic rings. The van der Waals surface area contributed by atoms with Gasteiger partial charge in [0.05, 0.1) is 12.8 Å². The Hall–Kier alpha value is -2.03. The van der Waals surface area contributed by atoms with Crippen LogP contribution in [0, 0.1) is 0 Å². The fraction of sp³-hybridized carbons (Fsp3) is 0.333. The molecule has 3 N–H and O–H groups in total. The molecule has 1 heterocycles. The SMILES string of the molecule is COc1c(OC(F)(F)F)cc(CN)nc1C(=O)O. The third kappa shape index (κ3) is 3.23. The fourth-order valence-corrected chi connectivity index (χ4v) is 1.21. The van der Waals surface area contributed by atoms with E-state index in [4.69, 9.17) is 10.8 Å². The first-order valence-electron chi connectivity index (χ1n) is 4.55. The zero-order valence-electron chi connectivity index (χ0n) is 9.11. The van der Waals surface area contributed by atoms with Gasteiger partial charge in [0.25, 0.3) is 0 Å². The van der Waals surface area contributed by atoms with Gasteiger partial charge in [0.15, 0.2) is 17.2 Å². The summed E-state index contributed by atoms with van der Waals surface area (Å²) in [5.41, 5.74) is 4.45. The van der Waals surface area contributed by atoms with E-state index in [-0.39, 0.29) is 12.2 Å². The van der Waals surface area contributed by atoms with E-state index < -0.39 is 29.5 Å². The Morgan fingerprint density at radius 2 is 2.17 bits per heavy atom. The van der Waals surface area contributed by atoms with Gasteiger partial charge in [-0.3, -0.25) is 0 Å². The van der Waals surface area contributed by atoms with Crippen LogP contribution in [0.15, 0.2) is 6.07 Å². The molecule has 0 aliphatic carbocycles. The smallest absolute Gasteiger partial charge is 0.491 e. The predicted octanol–water partition coefficient (Wildman–Crippen LogP) is 1.15. The van der Waals surface area contributed by atoms with Crippen molar-refractivity contribution in [1.29, 1.82) is 0 Å². The summed E-state index contributed by atoms with van der Waals surface area (Å²) in [5.74, 6) is -2.95. The topological polar surface area (TPSA) is 94.7 Å². The number of rotatable bonds is 4. The van der Waals surface area contributed by atoms with Crippen molar-refractivity contribution in [3.05, 3.63) is 17.5 Å². The quantitative estimate of drug-likeness (QED) is 0.848. The van der Waals surface area contributed by atoms with Crippen LogP contribution in [0.5, 0.6) is 11.5 Å². The standard InChI is InChI=1S/C9H9F3N2O4/c1-17-7-5(18-9(10,11)12)2-4(3-13)14-6(7)8(15)16/h2H,3,13H2,1H3,(H,15,16). The first-order valence-corrected chi connectivity index (χ1v) is 4.55. The second-order valence-corrected chi connectivity index (χ2v) is 3.05. The van der Waals surface area contributed by atoms with Gasteiger partial charge < -0.3 is 20.3 Å². The summed E-state index contributed by atoms with van der Waals surface area (Å²) in [6, 6.07) is 0.874. The van der Waals surface area contributed by atoms with Crippen LogP contribution in [0.3, 0.4) is 0 Å². The van der Waals surface area contributed by atoms with E-state index in [0.29, 0.717) is 0 Å². The van der Waals surface area contributed by atoms with Gasteiger partial charge in [-0.1, -0.05) is 0 Å². The molecule has 0 atom stereocenters. The second-order valence-electron chi connectivity index (χ2n) is 3.05. The van der Waals surface area contributed by atoms with Crippen molar-refractivity contribution in [2.24, 2.45) is 5.73 Å². The molecule has 0 saturated heterocycles. The van der Waals surface area contributed by atoms with Crippen molar-refractivity contribution in [1.82, 2.24) is 4.98 Å². The number of nitrogens with zero attached hydrogens (tertiary/aromatic N) is 1. The van der Waals surface area contributed by atoms with E-state index in [9.17, 15) is 18.0 Å². The van der Waals surface area contributed by atoms with E-state index in [0.717, 1.165) is 13.2 Å². The average molecular weight is 266 g/mol. The number of aromatic carboxylic acids is 1. The summed E-state index contributed by atoms with van der Waals surface area (Å²) in [4.78, 5) is 14.4. The third-order valence-electron chi connectivity index (χ3n) is 1.83. The maximum atomic E-state index is 12.1. The van der Waals surface area contributed by atoms with Crippen LogP contribution in [0.4, 0.5) is 13.2 Å². The molecule has 6 nitrogen and oxygen atoms in total. The summed E-state index contributed by atoms with van der Waals surface area (Å²) in [6.07, 6.45) is -4.98. The van der Waals surface area contributed by atoms with Crippen molar-refractivity contribution >= 4 is 5.97 Å². The summed E-state index contributed by atoms with van der Waals surface area (Å²) < 4.78 is 44.7. The molecular weight excluding hydrogens is 257 g/mol. The molecule has 0 aliphatic heterocycles. The molecular formula is C9H9F3N2O4. The number of alkyl halides is 3. The normalized spacial score (nSPS) is 11.2. The maximum absolute atomic E-state index is 12.1. The van der Waals surface area contributed by atoms with Crippen molar-refractivity contribution < 1.29 is 32.5 Å². The maximum Gasteiger partial charge on any atom is 0.573 e. The Kier molecular flexibility index (Phi) is 3.96. The summed E-state index contributed by atoms with van der Waals surface area (Å²) in [7, 11) is 1.01. The number of pyridine rings is 1. The van der Waals surface area contributed by atoms with E-state index >= 15 is 0 Å². The minimum absolute atomic E-state index is 0.0625. The molecule has 0 aromatic carbocycles. The second kappa shape index (κ2) is 5.08. The van der Waals surface area contributed by atoms with Crippen LogP contribution < -0.4 is 15.2 Å². The first-order chi connectivity index (χ1) is 8.28. The molecule has 0 aliphatic rings. The van der Waals surface area contributed by atoms with Gasteiger partial charge in [0.1, 0.15) is 0 Å². The average Bonchev–Trinajstić information content (AvgIpc) is 2.25. The first kappa shape index (κ1) is 14.0. The molecule has 0 saturated carbocycles. The third-order valence-corrected chi connectivity index (χ3v) is 1.83. The largest absolute Gasteiger partial charge is 0.573 e. The van der Waals surface area contributed by atoms with Gasteiger partial charge in [-0.05, 0) is 0 Å². The van der Waals surface area contributed by atoms with Gasteiger partial charge in [0.2, 0.25) is 0 Å². The van der Waals surface area contributed by atoms with Crippen LogP contribution >= 0.6 is 0 Å². The fourth-order valence-electron chi connectivity index (χ4n) is 1.21. The van der Waals surface area contributed by atoms with E-state index in [1.54, 1.807) is 0 Å². The lowest BCUT2D eigenvalue weighted by molar-refractivity contribution is -0.275. The molecule has 0 radical (unpaired) electrons. The van der Waals surface area contributed by atoms with Gasteiger partial charge in [-0.2, -0.15) is 0 Å². The van der Waals surface area contributed by atoms with Crippen LogP contribution in [0.1, 0.15) is 16.2 Å². The van der Waals surface area contributed by atoms with E-state index in [1.165, 1.54) is 0 Å². The van der Waals surface area contributed by atoms with Crippen LogP contribution in [0.2, 0.25) is 0 Å². The van der Waals surface area contributed by atoms with Gasteiger partial charge in [-0.15, -0.1) is 13.2 Å². The lowest BCUT2D eigenvalue weighted by Crippen LogP contribution is -2.19. The number of halogens is 3. The predicted molar refractivity (Wildman–Crippen MR) is 52.3 cm³/mol. The zero-order chi connectivity index (χ0) is 13.9. The number of carbonyl (C=O) groups is 1. The Morgan fingerprint density at radius 1 is 1.56 bits per heavy atom. The highest BCUT2D eigenvalue weighted by molar-refractivity contribution is 5.89. The van der Waals surface area contributed by atoms with Crippen LogP contribution in [-0.2, 0) is 6.54 Å². The highest BCUT2D eigenvalue weighted by Crippen LogP contribution is 2.34. The number of carboxylic acid groups (broad SMARTS) is 1. The monoisotopic (exact) mass is 266 g/mol. The number of aromatic nitrogens is 1. The molecule has 0 amide bonds. The Labute approximate surface area is 99.1 Å². The Morgan fingerprint density at radius 3 is 2.56 bits per heavy atom. The van der Waals surface area contributed by atoms with Crippen LogP contribution in [0.25, 0.3) is 0 Å². The number of hydrogen-bond donors (Lipinski definition) is 2. The minimum atomic E-state index is -4.98. The van der Waals surface area contributed by atoms with Crippen molar-refractivity contribution in [3.63, 3.8) is 0 Å². The van der Waals surface area contributed by atoms with Crippen molar-refractivity contribution in [2.75, 3.05) is 7.11 Å². The number of carboxylic acids is 1. The molecule has 100 valence electrons. The van der Waals surface area contributed by atoms with Gasteiger partial charge in [-0.25, -0.2) is 9.78 Å². The summed E-state index contributed by atoms with van der Waals surface area (Å²) in [5, 5.41) is 8.82. The Bertz CT molecular complexity index is 462. The number of ether oxygens (including phenoxy) is 2. The molecule has 0 bridgehead atoms. The number of methoxy groups -OCH3 is 1. The van der Waals surface area contributed by atoms with Crippen LogP contribution in [-0.4, -0.2) is 29.5 Å². The minimum Gasteiger partial charge on any atom is -0.491 e. The molecule has 18 heavy (non-hydrogen) atoms. The summed E-state index contributed by atoms with van der Waals surface area (Å²) in [6.45, 7) is -0.238. The van der Waals surface area contributed by atoms with E-state index in [2.05, 4.69) is 14.5 Å². The van der Waals surface area contributed by atoms with E-state index in [1.807, 2.05) is 0 Å². The highest BCUT2D eigenvalue weighted by atomic mass is 19.4. The summed E-state index contributed by atoms with van der Waals surface area (Å²) >= 11 is 0. The molecule has 1 rings (SSSR count). The number of nitrogens with two attached hydrogens (primary N) is 1. The van der Waals surface area contributed by atoms with Crippen molar-refractivity contribution in [2.45, 2.75) is 12.9 Å².